The summed E-state index contributed by atoms with van der Waals surface area (Å²) >= 11 is 0. The molecule has 2 N–H and O–H groups in total. The number of amidine groups is 1. The molecule has 65 heavy (non-hydrogen) atoms. The van der Waals surface area contributed by atoms with Crippen LogP contribution in [0, 0.1) is 94.9 Å². The molecule has 4 unspecified atom stereocenters. The van der Waals surface area contributed by atoms with E-state index in [4.69, 9.17) is 4.99 Å². The van der Waals surface area contributed by atoms with Crippen LogP contribution in [-0.4, -0.2) is 10.4 Å². The van der Waals surface area contributed by atoms with E-state index in [1.54, 1.807) is 0 Å². The summed E-state index contributed by atoms with van der Waals surface area (Å²) in [4.78, 5) is 5.52. The summed E-state index contributed by atoms with van der Waals surface area (Å²) in [5.41, 5.74) is 30.9. The van der Waals surface area contributed by atoms with E-state index < -0.39 is 0 Å². The van der Waals surface area contributed by atoms with Gasteiger partial charge in [0, 0.05) is 16.3 Å². The summed E-state index contributed by atoms with van der Waals surface area (Å²) in [5, 5.41) is 10.4. The molecule has 0 amide bonds. The molecule has 0 saturated carbocycles. The van der Waals surface area contributed by atoms with Gasteiger partial charge in [0.15, 0.2) is 0 Å². The Kier molecular flexibility index (Phi) is 11.2. The number of fused-ring (bicyclic) bond motifs is 3. The van der Waals surface area contributed by atoms with Gasteiger partial charge in [-0.2, -0.15) is 0 Å². The van der Waals surface area contributed by atoms with E-state index in [0.717, 1.165) is 11.4 Å². The minimum absolute atomic E-state index is 0.119. The van der Waals surface area contributed by atoms with Crippen molar-refractivity contribution >= 4 is 33.2 Å². The lowest BCUT2D eigenvalue weighted by Crippen LogP contribution is -2.46. The van der Waals surface area contributed by atoms with Crippen LogP contribution in [0.4, 0.5) is 0 Å². The molecule has 0 spiro atoms. The number of nitrogens with one attached hydrogen (secondary N) is 2. The van der Waals surface area contributed by atoms with Crippen LogP contribution in [0.3, 0.4) is 0 Å². The van der Waals surface area contributed by atoms with Crippen molar-refractivity contribution in [1.82, 2.24) is 15.2 Å². The Morgan fingerprint density at radius 3 is 1.62 bits per heavy atom. The van der Waals surface area contributed by atoms with Crippen LogP contribution in [0.2, 0.25) is 0 Å². The Morgan fingerprint density at radius 1 is 0.523 bits per heavy atom. The zero-order valence-corrected chi connectivity index (χ0v) is 41.8. The van der Waals surface area contributed by atoms with Crippen molar-refractivity contribution < 1.29 is 0 Å². The quantitative estimate of drug-likeness (QED) is 0.175. The molecule has 7 aromatic rings. The van der Waals surface area contributed by atoms with E-state index in [1.807, 2.05) is 0 Å². The number of aryl methyl sites for hydroxylation is 10. The largest absolute Gasteiger partial charge is 0.350 e. The third-order valence-electron chi connectivity index (χ3n) is 15.3. The average molecular weight is 857 g/mol. The number of nitrogens with zero attached hydrogens (tertiary/aromatic N) is 2. The van der Waals surface area contributed by atoms with E-state index in [9.17, 15) is 0 Å². The Labute approximate surface area is 388 Å². The van der Waals surface area contributed by atoms with Crippen molar-refractivity contribution in [3.63, 3.8) is 0 Å². The third-order valence-corrected chi connectivity index (χ3v) is 15.3. The highest BCUT2D eigenvalue weighted by molar-refractivity contribution is 6.12. The normalized spacial score (nSPS) is 19.0. The Balaban J connectivity index is 1.24. The van der Waals surface area contributed by atoms with E-state index >= 15 is 0 Å². The molecule has 2 heterocycles. The van der Waals surface area contributed by atoms with Crippen LogP contribution in [-0.2, 0) is 0 Å². The fourth-order valence-corrected chi connectivity index (χ4v) is 11.9. The maximum Gasteiger partial charge on any atom is 0.132 e. The molecule has 0 fully saturated rings. The fourth-order valence-electron chi connectivity index (χ4n) is 11.9. The molecule has 4 heteroatoms. The highest BCUT2D eigenvalue weighted by Crippen LogP contribution is 2.44. The number of rotatable bonds is 6. The van der Waals surface area contributed by atoms with Crippen molar-refractivity contribution in [1.29, 1.82) is 0 Å². The molecule has 9 rings (SSSR count). The van der Waals surface area contributed by atoms with Gasteiger partial charge in [0.05, 0.1) is 16.7 Å². The van der Waals surface area contributed by atoms with Crippen LogP contribution < -0.4 is 10.6 Å². The van der Waals surface area contributed by atoms with Gasteiger partial charge in [0.25, 0.3) is 0 Å². The number of hydrogen-bond acceptors (Lipinski definition) is 3. The Bertz CT molecular complexity index is 3140. The van der Waals surface area contributed by atoms with Gasteiger partial charge < -0.3 is 9.88 Å². The van der Waals surface area contributed by atoms with Crippen molar-refractivity contribution in [2.75, 3.05) is 0 Å². The maximum absolute atomic E-state index is 5.52. The van der Waals surface area contributed by atoms with Gasteiger partial charge in [-0.1, -0.05) is 91.2 Å². The summed E-state index contributed by atoms with van der Waals surface area (Å²) in [6, 6.07) is 30.7. The number of benzene rings is 6. The second-order valence-electron chi connectivity index (χ2n) is 20.2. The van der Waals surface area contributed by atoms with Gasteiger partial charge in [-0.15, -0.1) is 0 Å². The van der Waals surface area contributed by atoms with Gasteiger partial charge in [-0.3, -0.25) is 5.32 Å². The molecule has 1 aliphatic carbocycles. The first-order chi connectivity index (χ1) is 30.8. The van der Waals surface area contributed by atoms with Crippen molar-refractivity contribution in [3.05, 3.63) is 185 Å². The lowest BCUT2D eigenvalue weighted by atomic mass is 9.76. The van der Waals surface area contributed by atoms with E-state index in [-0.39, 0.29) is 12.3 Å². The lowest BCUT2D eigenvalue weighted by molar-refractivity contribution is 0.406. The minimum Gasteiger partial charge on any atom is -0.350 e. The van der Waals surface area contributed by atoms with Gasteiger partial charge in [-0.25, -0.2) is 4.99 Å². The fraction of sp³-hybridized carbons (Fsp3) is 0.328. The lowest BCUT2D eigenvalue weighted by Gasteiger charge is -2.35. The molecule has 4 atom stereocenters. The minimum atomic E-state index is -0.260. The summed E-state index contributed by atoms with van der Waals surface area (Å²) in [5.74, 6) is 1.85. The van der Waals surface area contributed by atoms with Crippen LogP contribution in [0.25, 0.3) is 44.2 Å². The zero-order chi connectivity index (χ0) is 46.5. The second kappa shape index (κ2) is 16.5. The Hall–Kier alpha value is -5.97. The van der Waals surface area contributed by atoms with Gasteiger partial charge in [0.2, 0.25) is 0 Å². The number of hydrogen-bond donors (Lipinski definition) is 2. The molecule has 0 bridgehead atoms. The van der Waals surface area contributed by atoms with Gasteiger partial charge in [0.1, 0.15) is 18.2 Å². The summed E-state index contributed by atoms with van der Waals surface area (Å²) < 4.78 is 2.54. The van der Waals surface area contributed by atoms with E-state index in [1.165, 1.54) is 139 Å². The molecule has 2 aliphatic rings. The van der Waals surface area contributed by atoms with Crippen molar-refractivity contribution in [3.8, 4) is 16.8 Å². The van der Waals surface area contributed by atoms with Crippen LogP contribution in [0.1, 0.15) is 129 Å². The first-order valence-corrected chi connectivity index (χ1v) is 23.8. The summed E-state index contributed by atoms with van der Waals surface area (Å²) in [7, 11) is 0. The SMILES string of the molecule is CC1=CC(C)C(C)C(c2ccc3c(c2)c2cc(-c4c(C)c(C)cc(C)c4C)ccc2n3-c2c(C)cc(C3N=C(c4c(C)cc(C)cc4C)NC(c4c(C)cc(C)cc4C)N3)cc2C)=C1C. The number of aliphatic imine (C=N–C) groups is 1. The van der Waals surface area contributed by atoms with Crippen LogP contribution in [0.15, 0.2) is 101 Å². The molecule has 4 nitrogen and oxygen atoms in total. The molecule has 1 aliphatic heterocycles. The monoisotopic (exact) mass is 857 g/mol. The molecular formula is C61H68N4. The van der Waals surface area contributed by atoms with Gasteiger partial charge >= 0.3 is 0 Å². The van der Waals surface area contributed by atoms with Crippen molar-refractivity contribution in [2.24, 2.45) is 16.8 Å². The summed E-state index contributed by atoms with van der Waals surface area (Å²) in [6.45, 7) is 36.2. The summed E-state index contributed by atoms with van der Waals surface area (Å²) in [6.07, 6.45) is 2.07. The predicted octanol–water partition coefficient (Wildman–Crippen LogP) is 15.5. The predicted molar refractivity (Wildman–Crippen MR) is 279 cm³/mol. The molecule has 0 saturated heterocycles. The number of aromatic nitrogens is 1. The second-order valence-corrected chi connectivity index (χ2v) is 20.2. The third kappa shape index (κ3) is 7.48. The van der Waals surface area contributed by atoms with Gasteiger partial charge in [-0.05, 0) is 228 Å². The van der Waals surface area contributed by atoms with Crippen molar-refractivity contribution in [2.45, 2.75) is 123 Å². The molecule has 1 aromatic heterocycles. The standard InChI is InChI=1S/C61H68N4/c1-31-21-37(7)54(38(8)22-31)60-62-59(63-61(64-60)55-39(9)23-32(2)24-40(55)10)49-27-41(11)58(42(12)28-49)65-52-19-17-47(56-43(13)33(3)25-34(4)44(56)14)29-50(52)51-30-48(18-20-53(51)65)57-45(15)35(5)26-36(6)46(57)16/h17-30,33,43,59-60,62H,1-16H3,(H,63,64). The topological polar surface area (TPSA) is 41.4 Å². The first kappa shape index (κ1) is 44.2. The number of allylic oxidation sites excluding steroid dienone is 4. The highest BCUT2D eigenvalue weighted by Gasteiger charge is 2.31. The molecule has 332 valence electrons. The van der Waals surface area contributed by atoms with Crippen LogP contribution in [0.5, 0.6) is 0 Å². The molecule has 6 aromatic carbocycles. The van der Waals surface area contributed by atoms with Crippen LogP contribution >= 0.6 is 0 Å². The highest BCUT2D eigenvalue weighted by atomic mass is 15.3. The van der Waals surface area contributed by atoms with E-state index in [0.29, 0.717) is 11.8 Å². The zero-order valence-electron chi connectivity index (χ0n) is 41.8. The Morgan fingerprint density at radius 2 is 1.05 bits per heavy atom. The first-order valence-electron chi connectivity index (χ1n) is 23.8. The molecular weight excluding hydrogens is 789 g/mol. The average Bonchev–Trinajstić information content (AvgIpc) is 3.54. The van der Waals surface area contributed by atoms with E-state index in [2.05, 4.69) is 211 Å². The molecule has 0 radical (unpaired) electrons. The maximum atomic E-state index is 5.52. The smallest absolute Gasteiger partial charge is 0.132 e.